The number of halogens is 2. The second kappa shape index (κ2) is 5.99. The van der Waals surface area contributed by atoms with E-state index in [1.54, 1.807) is 24.9 Å². The van der Waals surface area contributed by atoms with E-state index >= 15 is 0 Å². The molecule has 0 saturated carbocycles. The Kier molecular flexibility index (Phi) is 4.52. The van der Waals surface area contributed by atoms with E-state index in [0.29, 0.717) is 28.9 Å². The Hall–Kier alpha value is -1.31. The highest BCUT2D eigenvalue weighted by Crippen LogP contribution is 2.33. The molecule has 0 fully saturated rings. The molecule has 108 valence electrons. The van der Waals surface area contributed by atoms with E-state index in [4.69, 9.17) is 4.74 Å². The molecule has 0 aliphatic heterocycles. The fourth-order valence-corrected chi connectivity index (χ4v) is 2.69. The molecule has 0 radical (unpaired) electrons. The lowest BCUT2D eigenvalue weighted by Crippen LogP contribution is -2.28. The van der Waals surface area contributed by atoms with Gasteiger partial charge in [-0.15, -0.1) is 0 Å². The normalized spacial score (nSPS) is 14.2. The summed E-state index contributed by atoms with van der Waals surface area (Å²) in [4.78, 5) is 3.78. The molecule has 2 aromatic rings. The predicted octanol–water partition coefficient (Wildman–Crippen LogP) is 2.08. The van der Waals surface area contributed by atoms with Gasteiger partial charge in [0.2, 0.25) is 0 Å². The van der Waals surface area contributed by atoms with Crippen LogP contribution in [0, 0.1) is 5.82 Å². The van der Waals surface area contributed by atoms with Crippen molar-refractivity contribution in [3.63, 3.8) is 0 Å². The molecule has 0 aliphatic carbocycles. The quantitative estimate of drug-likeness (QED) is 0.902. The SMILES string of the molecule is COCCn1ncc(Br)c1C(C)(O)c1cncc(F)c1. The Balaban J connectivity index is 2.45. The zero-order valence-electron chi connectivity index (χ0n) is 11.2. The Morgan fingerprint density at radius 3 is 2.85 bits per heavy atom. The molecule has 0 saturated heterocycles. The van der Waals surface area contributed by atoms with Gasteiger partial charge in [-0.3, -0.25) is 9.67 Å². The van der Waals surface area contributed by atoms with Crippen LogP contribution in [0.25, 0.3) is 0 Å². The maximum atomic E-state index is 13.3. The van der Waals surface area contributed by atoms with Crippen molar-refractivity contribution in [2.24, 2.45) is 0 Å². The van der Waals surface area contributed by atoms with E-state index in [-0.39, 0.29) is 0 Å². The van der Waals surface area contributed by atoms with Gasteiger partial charge in [-0.1, -0.05) is 0 Å². The molecule has 0 aliphatic rings. The van der Waals surface area contributed by atoms with Crippen LogP contribution in [0.1, 0.15) is 18.2 Å². The summed E-state index contributed by atoms with van der Waals surface area (Å²) in [6.07, 6.45) is 4.12. The minimum absolute atomic E-state index is 0.359. The number of aliphatic hydroxyl groups is 1. The minimum atomic E-state index is -1.42. The van der Waals surface area contributed by atoms with Crippen LogP contribution in [-0.2, 0) is 16.9 Å². The van der Waals surface area contributed by atoms with Crippen molar-refractivity contribution in [2.75, 3.05) is 13.7 Å². The molecule has 1 atom stereocenters. The van der Waals surface area contributed by atoms with Crippen molar-refractivity contribution in [3.8, 4) is 0 Å². The molecule has 0 amide bonds. The number of methoxy groups -OCH3 is 1. The second-order valence-electron chi connectivity index (χ2n) is 4.52. The van der Waals surface area contributed by atoms with Gasteiger partial charge < -0.3 is 9.84 Å². The van der Waals surface area contributed by atoms with Gasteiger partial charge in [0, 0.05) is 18.9 Å². The van der Waals surface area contributed by atoms with Crippen LogP contribution in [0.15, 0.2) is 29.1 Å². The number of hydrogen-bond donors (Lipinski definition) is 1. The van der Waals surface area contributed by atoms with Crippen LogP contribution in [0.3, 0.4) is 0 Å². The fourth-order valence-electron chi connectivity index (χ4n) is 2.01. The molecule has 5 nitrogen and oxygen atoms in total. The molecule has 2 rings (SSSR count). The van der Waals surface area contributed by atoms with Crippen LogP contribution >= 0.6 is 15.9 Å². The molecule has 0 spiro atoms. The van der Waals surface area contributed by atoms with Gasteiger partial charge in [0.05, 0.1) is 35.7 Å². The summed E-state index contributed by atoms with van der Waals surface area (Å²) < 4.78 is 20.6. The first-order valence-electron chi connectivity index (χ1n) is 6.01. The molecule has 1 N–H and O–H groups in total. The maximum absolute atomic E-state index is 13.3. The second-order valence-corrected chi connectivity index (χ2v) is 5.38. The third kappa shape index (κ3) is 2.89. The topological polar surface area (TPSA) is 60.2 Å². The van der Waals surface area contributed by atoms with E-state index in [9.17, 15) is 9.50 Å². The minimum Gasteiger partial charge on any atom is -0.383 e. The Morgan fingerprint density at radius 1 is 1.45 bits per heavy atom. The number of hydrogen-bond acceptors (Lipinski definition) is 4. The fraction of sp³-hybridized carbons (Fsp3) is 0.385. The molecule has 7 heteroatoms. The monoisotopic (exact) mass is 343 g/mol. The lowest BCUT2D eigenvalue weighted by atomic mass is 9.94. The maximum Gasteiger partial charge on any atom is 0.141 e. The van der Waals surface area contributed by atoms with Gasteiger partial charge in [-0.2, -0.15) is 5.10 Å². The predicted molar refractivity (Wildman–Crippen MR) is 74.7 cm³/mol. The highest BCUT2D eigenvalue weighted by Gasteiger charge is 2.32. The number of rotatable bonds is 5. The molecule has 20 heavy (non-hydrogen) atoms. The summed E-state index contributed by atoms with van der Waals surface area (Å²) in [6, 6.07) is 1.26. The zero-order chi connectivity index (χ0) is 14.8. The van der Waals surface area contributed by atoms with E-state index in [1.165, 1.54) is 12.3 Å². The molecule has 2 heterocycles. The third-order valence-electron chi connectivity index (χ3n) is 3.03. The average molecular weight is 344 g/mol. The standard InChI is InChI=1S/C13H15BrFN3O2/c1-13(19,9-5-10(15)7-16-6-9)12-11(14)8-17-18(12)3-4-20-2/h5-8,19H,3-4H2,1-2H3. The molecule has 1 unspecified atom stereocenters. The molecule has 2 aromatic heterocycles. The summed E-state index contributed by atoms with van der Waals surface area (Å²) >= 11 is 3.36. The van der Waals surface area contributed by atoms with Gasteiger partial charge in [0.25, 0.3) is 0 Å². The van der Waals surface area contributed by atoms with E-state index in [2.05, 4.69) is 26.0 Å². The van der Waals surface area contributed by atoms with Gasteiger partial charge in [-0.25, -0.2) is 4.39 Å². The molecule has 0 aromatic carbocycles. The first-order chi connectivity index (χ1) is 9.46. The van der Waals surface area contributed by atoms with Gasteiger partial charge in [0.1, 0.15) is 11.4 Å². The summed E-state index contributed by atoms with van der Waals surface area (Å²) in [7, 11) is 1.59. The first kappa shape index (κ1) is 15.1. The summed E-state index contributed by atoms with van der Waals surface area (Å²) in [5, 5.41) is 15.0. The van der Waals surface area contributed by atoms with Crippen molar-refractivity contribution in [1.29, 1.82) is 0 Å². The highest BCUT2D eigenvalue weighted by atomic mass is 79.9. The number of ether oxygens (including phenoxy) is 1. The van der Waals surface area contributed by atoms with Crippen molar-refractivity contribution >= 4 is 15.9 Å². The number of nitrogens with zero attached hydrogens (tertiary/aromatic N) is 3. The summed E-state index contributed by atoms with van der Waals surface area (Å²) in [5.74, 6) is -0.498. The summed E-state index contributed by atoms with van der Waals surface area (Å²) in [5.41, 5.74) is -0.530. The van der Waals surface area contributed by atoms with Crippen molar-refractivity contribution in [2.45, 2.75) is 19.1 Å². The van der Waals surface area contributed by atoms with Gasteiger partial charge in [-0.05, 0) is 28.9 Å². The van der Waals surface area contributed by atoms with Gasteiger partial charge in [0.15, 0.2) is 0 Å². The van der Waals surface area contributed by atoms with Crippen molar-refractivity contribution in [3.05, 3.63) is 46.2 Å². The van der Waals surface area contributed by atoms with Crippen LogP contribution in [0.5, 0.6) is 0 Å². The Bertz CT molecular complexity index is 601. The van der Waals surface area contributed by atoms with Crippen molar-refractivity contribution in [1.82, 2.24) is 14.8 Å². The lowest BCUT2D eigenvalue weighted by molar-refractivity contribution is 0.0868. The number of pyridine rings is 1. The third-order valence-corrected chi connectivity index (χ3v) is 3.61. The van der Waals surface area contributed by atoms with E-state index in [1.807, 2.05) is 0 Å². The van der Waals surface area contributed by atoms with Gasteiger partial charge >= 0.3 is 0 Å². The average Bonchev–Trinajstić information content (AvgIpc) is 2.78. The molecular weight excluding hydrogens is 329 g/mol. The summed E-state index contributed by atoms with van der Waals surface area (Å²) in [6.45, 7) is 2.52. The first-order valence-corrected chi connectivity index (χ1v) is 6.80. The lowest BCUT2D eigenvalue weighted by Gasteiger charge is -2.25. The molecule has 0 bridgehead atoms. The molecular formula is C13H15BrFN3O2. The Morgan fingerprint density at radius 2 is 2.20 bits per heavy atom. The van der Waals surface area contributed by atoms with Crippen LogP contribution in [0.2, 0.25) is 0 Å². The Labute approximate surface area is 124 Å². The van der Waals surface area contributed by atoms with Crippen LogP contribution in [0.4, 0.5) is 4.39 Å². The van der Waals surface area contributed by atoms with E-state index in [0.717, 1.165) is 6.20 Å². The van der Waals surface area contributed by atoms with Crippen molar-refractivity contribution < 1.29 is 14.2 Å². The number of aromatic nitrogens is 3. The smallest absolute Gasteiger partial charge is 0.141 e. The van der Waals surface area contributed by atoms with E-state index < -0.39 is 11.4 Å². The zero-order valence-corrected chi connectivity index (χ0v) is 12.8. The largest absolute Gasteiger partial charge is 0.383 e. The highest BCUT2D eigenvalue weighted by molar-refractivity contribution is 9.10. The van der Waals surface area contributed by atoms with Crippen LogP contribution < -0.4 is 0 Å². The van der Waals surface area contributed by atoms with Crippen LogP contribution in [-0.4, -0.2) is 33.6 Å².